The van der Waals surface area contributed by atoms with Crippen molar-refractivity contribution in [3.8, 4) is 0 Å². The van der Waals surface area contributed by atoms with Crippen LogP contribution >= 0.6 is 0 Å². The molecule has 1 aliphatic heterocycles. The van der Waals surface area contributed by atoms with Gasteiger partial charge in [0.2, 0.25) is 5.91 Å². The zero-order chi connectivity index (χ0) is 22.4. The maximum absolute atomic E-state index is 13.9. The third kappa shape index (κ3) is 4.79. The van der Waals surface area contributed by atoms with Crippen LogP contribution in [0.5, 0.6) is 0 Å². The van der Waals surface area contributed by atoms with Gasteiger partial charge in [0, 0.05) is 32.3 Å². The second-order valence-electron chi connectivity index (χ2n) is 7.82. The topological polar surface area (TPSA) is 49.9 Å². The molecule has 31 heavy (non-hydrogen) atoms. The van der Waals surface area contributed by atoms with Crippen LogP contribution in [0.4, 0.5) is 4.39 Å². The minimum absolute atomic E-state index is 0.00681. The Morgan fingerprint density at radius 1 is 1.13 bits per heavy atom. The Labute approximate surface area is 183 Å². The first-order valence-corrected chi connectivity index (χ1v) is 11.0. The number of halogens is 1. The molecule has 0 aromatic heterocycles. The molecule has 1 aliphatic rings. The van der Waals surface area contributed by atoms with Gasteiger partial charge in [-0.05, 0) is 42.7 Å². The summed E-state index contributed by atoms with van der Waals surface area (Å²) in [6.07, 6.45) is 1.91. The van der Waals surface area contributed by atoms with E-state index in [0.29, 0.717) is 31.8 Å². The van der Waals surface area contributed by atoms with E-state index in [-0.39, 0.29) is 17.6 Å². The molecule has 0 spiro atoms. The smallest absolute Gasteiger partial charge is 0.254 e. The molecule has 2 aromatic carbocycles. The van der Waals surface area contributed by atoms with Crippen LogP contribution in [0.15, 0.2) is 48.5 Å². The van der Waals surface area contributed by atoms with Crippen LogP contribution in [-0.4, -0.2) is 55.0 Å². The van der Waals surface area contributed by atoms with Gasteiger partial charge in [0.05, 0.1) is 18.6 Å². The van der Waals surface area contributed by atoms with E-state index in [2.05, 4.69) is 6.92 Å². The highest BCUT2D eigenvalue weighted by atomic mass is 19.1. The first-order valence-electron chi connectivity index (χ1n) is 11.0. The Balaban J connectivity index is 2.15. The van der Waals surface area contributed by atoms with Gasteiger partial charge in [-0.3, -0.25) is 9.59 Å². The fourth-order valence-electron chi connectivity index (χ4n) is 4.29. The molecule has 0 saturated carbocycles. The lowest BCUT2D eigenvalue weighted by Crippen LogP contribution is -2.49. The number of nitrogens with zero attached hydrogens (tertiary/aromatic N) is 2. The molecule has 3 rings (SSSR count). The van der Waals surface area contributed by atoms with Gasteiger partial charge in [0.15, 0.2) is 0 Å². The van der Waals surface area contributed by atoms with E-state index < -0.39 is 12.0 Å². The first kappa shape index (κ1) is 22.9. The van der Waals surface area contributed by atoms with Crippen molar-refractivity contribution >= 4 is 11.8 Å². The van der Waals surface area contributed by atoms with Crippen molar-refractivity contribution in [3.63, 3.8) is 0 Å². The number of methoxy groups -OCH3 is 1. The molecule has 1 heterocycles. The van der Waals surface area contributed by atoms with Gasteiger partial charge in [-0.1, -0.05) is 43.7 Å². The number of rotatable bonds is 9. The van der Waals surface area contributed by atoms with Crippen LogP contribution in [-0.2, 0) is 9.53 Å². The standard InChI is InChI=1S/C25H31FN2O3/c1-4-6-15-27(5-2)25(30)22-20-9-7-8-10-21(20)24(29)28(16-17-31-3)23(22)18-11-13-19(26)14-12-18/h7-14,22-23H,4-6,15-17H2,1-3H3/t22-,23-/m1/s1. The fraction of sp³-hybridized carbons (Fsp3) is 0.440. The van der Waals surface area contributed by atoms with Crippen LogP contribution in [0.2, 0.25) is 0 Å². The van der Waals surface area contributed by atoms with Crippen molar-refractivity contribution in [2.75, 3.05) is 33.4 Å². The molecule has 2 amide bonds. The van der Waals surface area contributed by atoms with Gasteiger partial charge in [-0.25, -0.2) is 4.39 Å². The largest absolute Gasteiger partial charge is 0.383 e. The normalized spacial score (nSPS) is 18.1. The fourth-order valence-corrected chi connectivity index (χ4v) is 4.29. The summed E-state index contributed by atoms with van der Waals surface area (Å²) >= 11 is 0. The average molecular weight is 427 g/mol. The lowest BCUT2D eigenvalue weighted by Gasteiger charge is -2.43. The van der Waals surface area contributed by atoms with Crippen molar-refractivity contribution in [2.45, 2.75) is 38.6 Å². The minimum atomic E-state index is -0.562. The Morgan fingerprint density at radius 3 is 2.48 bits per heavy atom. The van der Waals surface area contributed by atoms with Crippen molar-refractivity contribution < 1.29 is 18.7 Å². The molecule has 5 nitrogen and oxygen atoms in total. The second-order valence-corrected chi connectivity index (χ2v) is 7.82. The number of carbonyl (C=O) groups excluding carboxylic acids is 2. The Hall–Kier alpha value is -2.73. The van der Waals surface area contributed by atoms with Crippen molar-refractivity contribution in [2.24, 2.45) is 0 Å². The van der Waals surface area contributed by atoms with Crippen LogP contribution in [0.25, 0.3) is 0 Å². The Bertz CT molecular complexity index is 900. The quantitative estimate of drug-likeness (QED) is 0.597. The minimum Gasteiger partial charge on any atom is -0.383 e. The van der Waals surface area contributed by atoms with Gasteiger partial charge in [-0.2, -0.15) is 0 Å². The maximum atomic E-state index is 13.9. The molecule has 0 N–H and O–H groups in total. The van der Waals surface area contributed by atoms with Gasteiger partial charge in [0.25, 0.3) is 5.91 Å². The van der Waals surface area contributed by atoms with Crippen LogP contribution in [0.3, 0.4) is 0 Å². The molecule has 2 aromatic rings. The van der Waals surface area contributed by atoms with E-state index in [1.165, 1.54) is 12.1 Å². The molecule has 0 bridgehead atoms. The van der Waals surface area contributed by atoms with E-state index in [1.54, 1.807) is 30.2 Å². The number of hydrogen-bond acceptors (Lipinski definition) is 3. The number of amides is 2. The zero-order valence-electron chi connectivity index (χ0n) is 18.5. The summed E-state index contributed by atoms with van der Waals surface area (Å²) in [6.45, 7) is 6.03. The van der Waals surface area contributed by atoms with Crippen molar-refractivity contribution in [1.82, 2.24) is 9.80 Å². The summed E-state index contributed by atoms with van der Waals surface area (Å²) < 4.78 is 18.9. The summed E-state index contributed by atoms with van der Waals surface area (Å²) in [4.78, 5) is 30.9. The highest BCUT2D eigenvalue weighted by Crippen LogP contribution is 2.43. The van der Waals surface area contributed by atoms with Gasteiger partial charge in [-0.15, -0.1) is 0 Å². The lowest BCUT2D eigenvalue weighted by molar-refractivity contribution is -0.134. The van der Waals surface area contributed by atoms with E-state index >= 15 is 0 Å². The second kappa shape index (κ2) is 10.5. The predicted molar refractivity (Wildman–Crippen MR) is 118 cm³/mol. The van der Waals surface area contributed by atoms with Crippen LogP contribution < -0.4 is 0 Å². The molecule has 0 aliphatic carbocycles. The van der Waals surface area contributed by atoms with Crippen LogP contribution in [0, 0.1) is 5.82 Å². The number of benzene rings is 2. The molecule has 0 unspecified atom stereocenters. The molecular weight excluding hydrogens is 395 g/mol. The summed E-state index contributed by atoms with van der Waals surface area (Å²) in [6, 6.07) is 12.9. The third-order valence-corrected chi connectivity index (χ3v) is 5.93. The molecule has 166 valence electrons. The van der Waals surface area contributed by atoms with Crippen molar-refractivity contribution in [3.05, 3.63) is 71.0 Å². The molecule has 6 heteroatoms. The summed E-state index contributed by atoms with van der Waals surface area (Å²) in [5, 5.41) is 0. The monoisotopic (exact) mass is 426 g/mol. The summed E-state index contributed by atoms with van der Waals surface area (Å²) in [5.41, 5.74) is 2.02. The maximum Gasteiger partial charge on any atom is 0.254 e. The molecule has 2 atom stereocenters. The summed E-state index contributed by atoms with van der Waals surface area (Å²) in [5.74, 6) is -1.06. The first-order chi connectivity index (χ1) is 15.0. The van der Waals surface area contributed by atoms with E-state index in [4.69, 9.17) is 4.74 Å². The molecular formula is C25H31FN2O3. The SMILES string of the molecule is CCCCN(CC)C(=O)[C@@H]1c2ccccc2C(=O)N(CCOC)[C@@H]1c1ccc(F)cc1. The number of ether oxygens (including phenoxy) is 1. The van der Waals surface area contributed by atoms with E-state index in [0.717, 1.165) is 24.0 Å². The van der Waals surface area contributed by atoms with Gasteiger partial charge >= 0.3 is 0 Å². The van der Waals surface area contributed by atoms with Gasteiger partial charge < -0.3 is 14.5 Å². The number of carbonyl (C=O) groups is 2. The number of fused-ring (bicyclic) bond motifs is 1. The number of hydrogen-bond donors (Lipinski definition) is 0. The average Bonchev–Trinajstić information content (AvgIpc) is 2.79. The van der Waals surface area contributed by atoms with E-state index in [9.17, 15) is 14.0 Å². The van der Waals surface area contributed by atoms with Crippen LogP contribution in [0.1, 0.15) is 60.1 Å². The third-order valence-electron chi connectivity index (χ3n) is 5.93. The highest BCUT2D eigenvalue weighted by Gasteiger charge is 2.45. The lowest BCUT2D eigenvalue weighted by atomic mass is 9.78. The zero-order valence-corrected chi connectivity index (χ0v) is 18.5. The molecule has 0 radical (unpaired) electrons. The number of unbranched alkanes of at least 4 members (excludes halogenated alkanes) is 1. The predicted octanol–water partition coefficient (Wildman–Crippen LogP) is 4.40. The van der Waals surface area contributed by atoms with E-state index in [1.807, 2.05) is 30.0 Å². The highest BCUT2D eigenvalue weighted by molar-refractivity contribution is 6.01. The Kier molecular flexibility index (Phi) is 7.80. The summed E-state index contributed by atoms with van der Waals surface area (Å²) in [7, 11) is 1.58. The molecule has 0 fully saturated rings. The number of likely N-dealkylation sites (N-methyl/N-ethyl adjacent to an activating group) is 1. The Morgan fingerprint density at radius 2 is 1.84 bits per heavy atom. The van der Waals surface area contributed by atoms with Gasteiger partial charge in [0.1, 0.15) is 5.82 Å². The van der Waals surface area contributed by atoms with Crippen molar-refractivity contribution in [1.29, 1.82) is 0 Å². The molecule has 0 saturated heterocycles.